The van der Waals surface area contributed by atoms with Gasteiger partial charge in [-0.3, -0.25) is 4.79 Å². The second-order valence-electron chi connectivity index (χ2n) is 18.5. The molecule has 2 unspecified atom stereocenters. The molecule has 358 valence electrons. The van der Waals surface area contributed by atoms with Crippen molar-refractivity contribution in [2.75, 3.05) is 13.2 Å². The maximum Gasteiger partial charge on any atom is 0.220 e. The average Bonchev–Trinajstić information content (AvgIpc) is 3.25. The number of carbonyl (C=O) groups excluding carboxylic acids is 1. The van der Waals surface area contributed by atoms with Crippen molar-refractivity contribution in [1.82, 2.24) is 5.32 Å². The quantitative estimate of drug-likeness (QED) is 0.0295. The van der Waals surface area contributed by atoms with E-state index in [-0.39, 0.29) is 18.9 Å². The second kappa shape index (κ2) is 40.9. The minimum Gasteiger partial charge on any atom is -0.394 e. The number of unbranched alkanes of at least 4 members (excludes halogenated alkanes) is 33. The first kappa shape index (κ1) is 57.2. The zero-order valence-corrected chi connectivity index (χ0v) is 39.1. The van der Waals surface area contributed by atoms with E-state index < -0.39 is 55.6 Å². The fraction of sp³-hybridized carbons (Fsp3) is 0.980. The summed E-state index contributed by atoms with van der Waals surface area (Å²) >= 11 is 0. The molecule has 0 aromatic rings. The maximum absolute atomic E-state index is 13.0. The first-order valence-corrected chi connectivity index (χ1v) is 25.8. The lowest BCUT2D eigenvalue weighted by atomic mass is 9.98. The molecule has 1 amide bonds. The highest BCUT2D eigenvalue weighted by atomic mass is 16.7. The van der Waals surface area contributed by atoms with Gasteiger partial charge in [0.2, 0.25) is 5.91 Å². The van der Waals surface area contributed by atoms with Gasteiger partial charge in [0.25, 0.3) is 0 Å². The van der Waals surface area contributed by atoms with Crippen molar-refractivity contribution in [2.24, 2.45) is 0 Å². The normalized spacial score (nSPS) is 21.0. The molecule has 10 nitrogen and oxygen atoms in total. The van der Waals surface area contributed by atoms with Crippen LogP contribution in [0.1, 0.15) is 251 Å². The van der Waals surface area contributed by atoms with Crippen LogP contribution in [0.5, 0.6) is 0 Å². The molecule has 1 heterocycles. The number of amides is 1. The van der Waals surface area contributed by atoms with Gasteiger partial charge in [-0.2, -0.15) is 0 Å². The Morgan fingerprint density at radius 2 is 0.867 bits per heavy atom. The highest BCUT2D eigenvalue weighted by Crippen LogP contribution is 2.23. The van der Waals surface area contributed by atoms with Gasteiger partial charge in [-0.05, 0) is 12.8 Å². The van der Waals surface area contributed by atoms with Crippen molar-refractivity contribution < 1.29 is 44.9 Å². The van der Waals surface area contributed by atoms with Gasteiger partial charge in [0, 0.05) is 6.42 Å². The van der Waals surface area contributed by atoms with Crippen LogP contribution in [0.4, 0.5) is 0 Å². The van der Waals surface area contributed by atoms with Gasteiger partial charge in [0.15, 0.2) is 6.29 Å². The van der Waals surface area contributed by atoms with E-state index in [9.17, 15) is 35.4 Å². The maximum atomic E-state index is 13.0. The van der Waals surface area contributed by atoms with Crippen LogP contribution in [0.3, 0.4) is 0 Å². The summed E-state index contributed by atoms with van der Waals surface area (Å²) in [5.41, 5.74) is 0. The molecule has 0 saturated carbocycles. The largest absolute Gasteiger partial charge is 0.394 e. The molecular weight excluding hydrogens is 759 g/mol. The van der Waals surface area contributed by atoms with E-state index in [1.807, 2.05) is 0 Å². The molecule has 0 aromatic carbocycles. The molecule has 0 spiro atoms. The van der Waals surface area contributed by atoms with E-state index in [4.69, 9.17) is 9.47 Å². The van der Waals surface area contributed by atoms with Crippen LogP contribution in [0.2, 0.25) is 0 Å². The van der Waals surface area contributed by atoms with Crippen LogP contribution in [0.15, 0.2) is 0 Å². The highest BCUT2D eigenvalue weighted by molar-refractivity contribution is 5.76. The average molecular weight is 858 g/mol. The minimum atomic E-state index is -1.60. The Bertz CT molecular complexity index is 926. The van der Waals surface area contributed by atoms with Crippen molar-refractivity contribution in [3.63, 3.8) is 0 Å². The van der Waals surface area contributed by atoms with Gasteiger partial charge in [-0.15, -0.1) is 0 Å². The lowest BCUT2D eigenvalue weighted by molar-refractivity contribution is -0.303. The number of hydrogen-bond donors (Lipinski definition) is 7. The Labute approximate surface area is 368 Å². The predicted octanol–water partition coefficient (Wildman–Crippen LogP) is 10.5. The van der Waals surface area contributed by atoms with Gasteiger partial charge in [0.1, 0.15) is 30.5 Å². The molecule has 8 atom stereocenters. The van der Waals surface area contributed by atoms with Crippen LogP contribution in [-0.2, 0) is 14.3 Å². The van der Waals surface area contributed by atoms with Crippen LogP contribution in [0, 0.1) is 0 Å². The lowest BCUT2D eigenvalue weighted by Crippen LogP contribution is -2.60. The van der Waals surface area contributed by atoms with Gasteiger partial charge in [-0.25, -0.2) is 0 Å². The van der Waals surface area contributed by atoms with Gasteiger partial charge in [0.05, 0.1) is 25.4 Å². The summed E-state index contributed by atoms with van der Waals surface area (Å²) in [5.74, 6) is -0.252. The van der Waals surface area contributed by atoms with Crippen LogP contribution in [0.25, 0.3) is 0 Å². The molecule has 0 bridgehead atoms. The molecule has 1 rings (SSSR count). The summed E-state index contributed by atoms with van der Waals surface area (Å²) in [5, 5.41) is 65.3. The lowest BCUT2D eigenvalue weighted by Gasteiger charge is -2.40. The molecule has 0 aliphatic carbocycles. The third kappa shape index (κ3) is 30.3. The molecule has 1 aliphatic heterocycles. The number of nitrogens with one attached hydrogen (secondary N) is 1. The molecule has 10 heteroatoms. The van der Waals surface area contributed by atoms with Crippen LogP contribution in [-0.4, -0.2) is 98.7 Å². The molecule has 1 aliphatic rings. The monoisotopic (exact) mass is 858 g/mol. The molecule has 1 saturated heterocycles. The summed E-state index contributed by atoms with van der Waals surface area (Å²) in [7, 11) is 0. The second-order valence-corrected chi connectivity index (χ2v) is 18.5. The molecule has 60 heavy (non-hydrogen) atoms. The number of rotatable bonds is 44. The van der Waals surface area contributed by atoms with Gasteiger partial charge < -0.3 is 45.4 Å². The number of ether oxygens (including phenoxy) is 2. The zero-order valence-electron chi connectivity index (χ0n) is 39.1. The van der Waals surface area contributed by atoms with Crippen molar-refractivity contribution in [3.8, 4) is 0 Å². The first-order valence-electron chi connectivity index (χ1n) is 25.8. The summed E-state index contributed by atoms with van der Waals surface area (Å²) in [4.78, 5) is 13.0. The predicted molar refractivity (Wildman–Crippen MR) is 246 cm³/mol. The first-order chi connectivity index (χ1) is 29.3. The summed E-state index contributed by atoms with van der Waals surface area (Å²) < 4.78 is 11.2. The van der Waals surface area contributed by atoms with Crippen molar-refractivity contribution in [2.45, 2.75) is 300 Å². The third-order valence-electron chi connectivity index (χ3n) is 12.8. The van der Waals surface area contributed by atoms with Crippen molar-refractivity contribution in [3.05, 3.63) is 0 Å². The number of aliphatic hydroxyl groups is 6. The summed E-state index contributed by atoms with van der Waals surface area (Å²) in [6.07, 6.45) is 35.5. The fourth-order valence-electron chi connectivity index (χ4n) is 8.61. The van der Waals surface area contributed by atoms with E-state index in [2.05, 4.69) is 19.2 Å². The smallest absolute Gasteiger partial charge is 0.220 e. The van der Waals surface area contributed by atoms with E-state index in [0.717, 1.165) is 38.5 Å². The molecular formula is C50H99NO9. The zero-order chi connectivity index (χ0) is 43.9. The summed E-state index contributed by atoms with van der Waals surface area (Å²) in [6.45, 7) is 3.63. The molecule has 7 N–H and O–H groups in total. The number of aliphatic hydroxyl groups excluding tert-OH is 6. The van der Waals surface area contributed by atoms with Crippen molar-refractivity contribution in [1.29, 1.82) is 0 Å². The standard InChI is InChI=1S/C50H99NO9/c1-3-5-7-9-11-13-15-17-18-19-20-21-22-23-24-25-26-27-29-31-33-35-37-39-45(54)51-42(41-59-50-49(58)48(57)47(56)44(40-52)60-50)46(55)43(53)38-36-34-32-30-28-16-14-12-10-8-6-4-2/h42-44,46-50,52-53,55-58H,3-41H2,1-2H3,(H,51,54)/t42-,43+,44+,46-,47-,48?,49?,50+/m0/s1. The minimum absolute atomic E-state index is 0.252. The van der Waals surface area contributed by atoms with Gasteiger partial charge in [-0.1, -0.05) is 232 Å². The van der Waals surface area contributed by atoms with Gasteiger partial charge >= 0.3 is 0 Å². The Morgan fingerprint density at radius 3 is 1.23 bits per heavy atom. The number of hydrogen-bond acceptors (Lipinski definition) is 9. The highest BCUT2D eigenvalue weighted by Gasteiger charge is 2.44. The van der Waals surface area contributed by atoms with E-state index in [0.29, 0.717) is 6.42 Å². The van der Waals surface area contributed by atoms with Crippen LogP contribution >= 0.6 is 0 Å². The summed E-state index contributed by atoms with van der Waals surface area (Å²) in [6, 6.07) is -0.985. The van der Waals surface area contributed by atoms with Crippen molar-refractivity contribution >= 4 is 5.91 Å². The Balaban J connectivity index is 2.26. The Hall–Kier alpha value is -0.850. The van der Waals surface area contributed by atoms with Crippen LogP contribution < -0.4 is 5.32 Å². The van der Waals surface area contributed by atoms with E-state index >= 15 is 0 Å². The third-order valence-corrected chi connectivity index (χ3v) is 12.8. The van der Waals surface area contributed by atoms with E-state index in [1.165, 1.54) is 186 Å². The molecule has 0 radical (unpaired) electrons. The fourth-order valence-corrected chi connectivity index (χ4v) is 8.61. The number of carbonyl (C=O) groups is 1. The SMILES string of the molecule is CCCCCCCCCCCCCCCCCCCCCCCCCC(=O)N[C@@H](CO[C@@H]1O[C@H](CO)[C@H](O)C(O)C1O)[C@H](O)[C@H](O)CCCCCCCCCCCCCC. The van der Waals surface area contributed by atoms with E-state index in [1.54, 1.807) is 0 Å². The Kier molecular flexibility index (Phi) is 39.0. The Morgan fingerprint density at radius 1 is 0.517 bits per heavy atom. The topological polar surface area (TPSA) is 169 Å². The molecule has 1 fully saturated rings. The molecule has 0 aromatic heterocycles.